The van der Waals surface area contributed by atoms with Crippen molar-refractivity contribution < 1.29 is 17.6 Å². The summed E-state index contributed by atoms with van der Waals surface area (Å²) in [5, 5.41) is 0.493. The van der Waals surface area contributed by atoms with Crippen LogP contribution in [-0.2, 0) is 30.7 Å². The lowest BCUT2D eigenvalue weighted by Gasteiger charge is -2.36. The van der Waals surface area contributed by atoms with Crippen LogP contribution in [0.2, 0.25) is 18.1 Å². The predicted octanol–water partition coefficient (Wildman–Crippen LogP) is 5.99. The maximum atomic E-state index is 13.8. The first kappa shape index (κ1) is 24.9. The van der Waals surface area contributed by atoms with E-state index in [1.54, 1.807) is 29.9 Å². The largest absolute Gasteiger partial charge is 0.418 e. The first-order valence-corrected chi connectivity index (χ1v) is 14.1. The van der Waals surface area contributed by atoms with Gasteiger partial charge in [-0.05, 0) is 36.3 Å². The van der Waals surface area contributed by atoms with Crippen LogP contribution in [0.3, 0.4) is 0 Å². The van der Waals surface area contributed by atoms with Gasteiger partial charge in [0.15, 0.2) is 8.32 Å². The third kappa shape index (κ3) is 4.91. The molecule has 2 aromatic heterocycles. The van der Waals surface area contributed by atoms with E-state index in [0.29, 0.717) is 24.1 Å². The Bertz CT molecular complexity index is 1190. The van der Waals surface area contributed by atoms with Crippen molar-refractivity contribution in [2.75, 3.05) is 6.61 Å². The van der Waals surface area contributed by atoms with Crippen LogP contribution in [0.15, 0.2) is 39.9 Å². The fourth-order valence-electron chi connectivity index (χ4n) is 3.39. The van der Waals surface area contributed by atoms with Crippen molar-refractivity contribution in [1.82, 2.24) is 13.9 Å². The molecule has 0 amide bonds. The van der Waals surface area contributed by atoms with E-state index in [9.17, 15) is 18.0 Å². The highest BCUT2D eigenvalue weighted by atomic mass is 79.9. The van der Waals surface area contributed by atoms with E-state index < -0.39 is 20.1 Å². The number of hydrogen-bond donors (Lipinski definition) is 0. The van der Waals surface area contributed by atoms with Gasteiger partial charge in [-0.3, -0.25) is 14.2 Å². The number of aromatic nitrogens is 3. The molecule has 10 heteroatoms. The molecule has 3 aromatic rings. The second kappa shape index (κ2) is 8.53. The Labute approximate surface area is 195 Å². The van der Waals surface area contributed by atoms with Crippen LogP contribution in [0.1, 0.15) is 31.9 Å². The number of benzene rings is 1. The van der Waals surface area contributed by atoms with E-state index in [-0.39, 0.29) is 22.7 Å². The molecule has 0 radical (unpaired) electrons. The van der Waals surface area contributed by atoms with E-state index in [2.05, 4.69) is 49.8 Å². The van der Waals surface area contributed by atoms with Crippen molar-refractivity contribution in [2.24, 2.45) is 7.05 Å². The molecular weight excluding hydrogens is 503 g/mol. The van der Waals surface area contributed by atoms with E-state index >= 15 is 0 Å². The van der Waals surface area contributed by atoms with Gasteiger partial charge >= 0.3 is 6.18 Å². The minimum absolute atomic E-state index is 0.0283. The average molecular weight is 532 g/mol. The van der Waals surface area contributed by atoms with Crippen LogP contribution < -0.4 is 5.56 Å². The molecule has 0 N–H and O–H groups in total. The topological polar surface area (TPSA) is 41.1 Å². The third-order valence-electron chi connectivity index (χ3n) is 6.33. The number of fused-ring (bicyclic) bond motifs is 1. The van der Waals surface area contributed by atoms with Gasteiger partial charge in [0.25, 0.3) is 5.56 Å². The molecule has 32 heavy (non-hydrogen) atoms. The maximum Gasteiger partial charge on any atom is 0.418 e. The summed E-state index contributed by atoms with van der Waals surface area (Å²) in [5.74, 6) is 0. The van der Waals surface area contributed by atoms with Crippen molar-refractivity contribution in [2.45, 2.75) is 58.2 Å². The Morgan fingerprint density at radius 1 is 1.12 bits per heavy atom. The molecule has 0 fully saturated rings. The lowest BCUT2D eigenvalue weighted by molar-refractivity contribution is -0.138. The van der Waals surface area contributed by atoms with Crippen LogP contribution in [-0.4, -0.2) is 28.9 Å². The molecule has 0 unspecified atom stereocenters. The Hall–Kier alpha value is -1.78. The molecule has 2 heterocycles. The first-order valence-electron chi connectivity index (χ1n) is 10.4. The molecule has 0 saturated carbocycles. The second-order valence-electron chi connectivity index (χ2n) is 9.59. The van der Waals surface area contributed by atoms with Gasteiger partial charge in [-0.2, -0.15) is 13.2 Å². The van der Waals surface area contributed by atoms with Crippen molar-refractivity contribution in [3.63, 3.8) is 0 Å². The monoisotopic (exact) mass is 531 g/mol. The van der Waals surface area contributed by atoms with Gasteiger partial charge in [-0.25, -0.2) is 0 Å². The van der Waals surface area contributed by atoms with Crippen molar-refractivity contribution in [3.05, 3.63) is 56.5 Å². The van der Waals surface area contributed by atoms with Gasteiger partial charge < -0.3 is 8.99 Å². The highest BCUT2D eigenvalue weighted by Gasteiger charge is 2.37. The number of hydrogen-bond acceptors (Lipinski definition) is 2. The standard InChI is InChI=1S/C22H29BrF3N3O2Si/c1-21(2,3)32(5,6)31-10-9-28-12-15(18(14-28)22(24,25)26)13-29-19-11-16(23)7-8-17(19)20(30)27(29)4/h7-8,11-12,14H,9-10,13H2,1-6H3. The number of nitrogens with zero attached hydrogens (tertiary/aromatic N) is 3. The van der Waals surface area contributed by atoms with Crippen molar-refractivity contribution in [1.29, 1.82) is 0 Å². The molecule has 176 valence electrons. The Kier molecular flexibility index (Phi) is 6.63. The van der Waals surface area contributed by atoms with E-state index in [0.717, 1.165) is 10.7 Å². The molecule has 0 spiro atoms. The molecule has 0 aliphatic rings. The molecular formula is C22H29BrF3N3O2Si. The summed E-state index contributed by atoms with van der Waals surface area (Å²) in [6.45, 7) is 11.2. The van der Waals surface area contributed by atoms with Crippen LogP contribution in [0.4, 0.5) is 13.2 Å². The minimum Gasteiger partial charge on any atom is -0.415 e. The van der Waals surface area contributed by atoms with Crippen LogP contribution >= 0.6 is 15.9 Å². The summed E-state index contributed by atoms with van der Waals surface area (Å²) < 4.78 is 52.7. The van der Waals surface area contributed by atoms with Crippen molar-refractivity contribution in [3.8, 4) is 0 Å². The number of rotatable bonds is 6. The number of alkyl halides is 3. The molecule has 0 aliphatic carbocycles. The van der Waals surface area contributed by atoms with Gasteiger partial charge in [-0.15, -0.1) is 0 Å². The van der Waals surface area contributed by atoms with E-state index in [1.165, 1.54) is 15.4 Å². The fraction of sp³-hybridized carbons (Fsp3) is 0.500. The second-order valence-corrected chi connectivity index (χ2v) is 15.3. The van der Waals surface area contributed by atoms with Gasteiger partial charge in [0.2, 0.25) is 0 Å². The zero-order valence-corrected chi connectivity index (χ0v) is 21.8. The lowest BCUT2D eigenvalue weighted by Crippen LogP contribution is -2.41. The third-order valence-corrected chi connectivity index (χ3v) is 11.4. The molecule has 0 aliphatic heterocycles. The van der Waals surface area contributed by atoms with Crippen LogP contribution in [0.25, 0.3) is 10.9 Å². The Morgan fingerprint density at radius 2 is 1.78 bits per heavy atom. The van der Waals surface area contributed by atoms with E-state index in [1.807, 2.05) is 0 Å². The predicted molar refractivity (Wildman–Crippen MR) is 127 cm³/mol. The van der Waals surface area contributed by atoms with Crippen molar-refractivity contribution >= 4 is 35.2 Å². The fourth-order valence-corrected chi connectivity index (χ4v) is 4.77. The highest BCUT2D eigenvalue weighted by molar-refractivity contribution is 9.10. The Morgan fingerprint density at radius 3 is 2.38 bits per heavy atom. The van der Waals surface area contributed by atoms with Crippen LogP contribution in [0.5, 0.6) is 0 Å². The summed E-state index contributed by atoms with van der Waals surface area (Å²) in [7, 11) is -0.423. The average Bonchev–Trinajstić information content (AvgIpc) is 3.16. The SMILES string of the molecule is Cn1c(=O)c2ccc(Br)cc2n1Cc1cn(CCO[Si](C)(C)C(C)(C)C)cc1C(F)(F)F. The van der Waals surface area contributed by atoms with E-state index in [4.69, 9.17) is 4.43 Å². The van der Waals surface area contributed by atoms with Crippen LogP contribution in [0, 0.1) is 0 Å². The van der Waals surface area contributed by atoms with Gasteiger partial charge in [0, 0.05) is 36.0 Å². The molecule has 0 atom stereocenters. The summed E-state index contributed by atoms with van der Waals surface area (Å²) in [6, 6.07) is 5.16. The normalized spacial score (nSPS) is 13.3. The zero-order valence-electron chi connectivity index (χ0n) is 19.2. The summed E-state index contributed by atoms with van der Waals surface area (Å²) >= 11 is 3.38. The summed E-state index contributed by atoms with van der Waals surface area (Å²) in [4.78, 5) is 12.5. The first-order chi connectivity index (χ1) is 14.6. The molecule has 3 rings (SSSR count). The minimum atomic E-state index is -4.50. The van der Waals surface area contributed by atoms with Gasteiger partial charge in [0.1, 0.15) is 0 Å². The molecule has 0 bridgehead atoms. The maximum absolute atomic E-state index is 13.8. The quantitative estimate of drug-likeness (QED) is 0.366. The summed E-state index contributed by atoms with van der Waals surface area (Å²) in [6.07, 6.45) is -1.86. The highest BCUT2D eigenvalue weighted by Crippen LogP contribution is 2.37. The lowest BCUT2D eigenvalue weighted by atomic mass is 10.2. The molecule has 1 aromatic carbocycles. The zero-order chi connectivity index (χ0) is 24.1. The Balaban J connectivity index is 1.92. The smallest absolute Gasteiger partial charge is 0.415 e. The summed E-state index contributed by atoms with van der Waals surface area (Å²) in [5.41, 5.74) is -0.260. The van der Waals surface area contributed by atoms with Gasteiger partial charge in [-0.1, -0.05) is 36.7 Å². The molecule has 5 nitrogen and oxygen atoms in total. The number of halogens is 4. The van der Waals surface area contributed by atoms with Gasteiger partial charge in [0.05, 0.1) is 29.6 Å². The molecule has 0 saturated heterocycles.